The molecule has 1 heterocycles. The summed E-state index contributed by atoms with van der Waals surface area (Å²) in [5.74, 6) is 2.10. The molecule has 118 valence electrons. The molecule has 2 unspecified atom stereocenters. The number of halogens is 1. The Balaban J connectivity index is 2.38. The molecular formula is C16H25BrN2O2. The second kappa shape index (κ2) is 6.99. The topological polar surface area (TPSA) is 47.7 Å². The lowest BCUT2D eigenvalue weighted by Crippen LogP contribution is -2.34. The van der Waals surface area contributed by atoms with E-state index in [9.17, 15) is 0 Å². The third-order valence-electron chi connectivity index (χ3n) is 3.97. The first-order valence-electron chi connectivity index (χ1n) is 7.39. The van der Waals surface area contributed by atoms with Gasteiger partial charge in [-0.1, -0.05) is 29.8 Å². The molecule has 2 atom stereocenters. The Bertz CT molecular complexity index is 493. The van der Waals surface area contributed by atoms with Crippen LogP contribution in [-0.2, 0) is 0 Å². The highest BCUT2D eigenvalue weighted by Gasteiger charge is 2.34. The summed E-state index contributed by atoms with van der Waals surface area (Å²) in [6.45, 7) is 6.58. The minimum atomic E-state index is 0.151. The number of rotatable bonds is 5. The highest BCUT2D eigenvalue weighted by molar-refractivity contribution is 9.10. The quantitative estimate of drug-likeness (QED) is 0.879. The predicted molar refractivity (Wildman–Crippen MR) is 89.0 cm³/mol. The monoisotopic (exact) mass is 356 g/mol. The lowest BCUT2D eigenvalue weighted by Gasteiger charge is -2.29. The van der Waals surface area contributed by atoms with Gasteiger partial charge in [-0.2, -0.15) is 0 Å². The Morgan fingerprint density at radius 3 is 2.48 bits per heavy atom. The molecule has 0 aliphatic carbocycles. The van der Waals surface area contributed by atoms with E-state index >= 15 is 0 Å². The number of benzene rings is 1. The fourth-order valence-electron chi connectivity index (χ4n) is 3.08. The summed E-state index contributed by atoms with van der Waals surface area (Å²) in [5, 5.41) is 0. The average molecular weight is 357 g/mol. The highest BCUT2D eigenvalue weighted by atomic mass is 79.9. The van der Waals surface area contributed by atoms with Gasteiger partial charge >= 0.3 is 0 Å². The molecule has 0 aromatic heterocycles. The maximum Gasteiger partial charge on any atom is 0.161 e. The first kappa shape index (κ1) is 16.6. The summed E-state index contributed by atoms with van der Waals surface area (Å²) in [6, 6.07) is 4.39. The first-order valence-corrected chi connectivity index (χ1v) is 8.18. The third-order valence-corrected chi connectivity index (χ3v) is 4.66. The van der Waals surface area contributed by atoms with Crippen LogP contribution in [0.3, 0.4) is 0 Å². The Hall–Kier alpha value is -0.780. The zero-order valence-corrected chi connectivity index (χ0v) is 14.8. The van der Waals surface area contributed by atoms with E-state index in [2.05, 4.69) is 34.7 Å². The van der Waals surface area contributed by atoms with Crippen molar-refractivity contribution in [2.75, 3.05) is 27.3 Å². The second-order valence-corrected chi connectivity index (χ2v) is 6.87. The summed E-state index contributed by atoms with van der Waals surface area (Å²) in [7, 11) is 3.31. The van der Waals surface area contributed by atoms with Crippen molar-refractivity contribution < 1.29 is 9.47 Å². The van der Waals surface area contributed by atoms with Crippen LogP contribution in [-0.4, -0.2) is 38.3 Å². The Morgan fingerprint density at radius 2 is 1.90 bits per heavy atom. The van der Waals surface area contributed by atoms with E-state index in [1.165, 1.54) is 5.56 Å². The molecule has 1 fully saturated rings. The largest absolute Gasteiger partial charge is 0.493 e. The van der Waals surface area contributed by atoms with E-state index in [4.69, 9.17) is 15.2 Å². The van der Waals surface area contributed by atoms with Gasteiger partial charge in [-0.3, -0.25) is 4.90 Å². The molecule has 2 N–H and O–H groups in total. The molecule has 0 saturated carbocycles. The van der Waals surface area contributed by atoms with Crippen molar-refractivity contribution >= 4 is 15.9 Å². The van der Waals surface area contributed by atoms with E-state index in [1.807, 2.05) is 12.1 Å². The number of likely N-dealkylation sites (tertiary alicyclic amines) is 1. The van der Waals surface area contributed by atoms with Gasteiger partial charge in [0.05, 0.1) is 20.3 Å². The number of nitrogens with two attached hydrogens (primary N) is 1. The van der Waals surface area contributed by atoms with Crippen LogP contribution >= 0.6 is 15.9 Å². The van der Waals surface area contributed by atoms with Gasteiger partial charge in [-0.25, -0.2) is 0 Å². The van der Waals surface area contributed by atoms with Crippen molar-refractivity contribution in [2.24, 2.45) is 11.7 Å². The van der Waals surface area contributed by atoms with Gasteiger partial charge in [0.1, 0.15) is 0 Å². The highest BCUT2D eigenvalue weighted by Crippen LogP contribution is 2.41. The van der Waals surface area contributed by atoms with E-state index in [1.54, 1.807) is 14.2 Å². The van der Waals surface area contributed by atoms with E-state index in [0.717, 1.165) is 35.5 Å². The van der Waals surface area contributed by atoms with Crippen LogP contribution in [0.4, 0.5) is 0 Å². The molecule has 1 saturated heterocycles. The average Bonchev–Trinajstić information content (AvgIpc) is 2.78. The summed E-state index contributed by atoms with van der Waals surface area (Å²) < 4.78 is 11.8. The van der Waals surface area contributed by atoms with Crippen molar-refractivity contribution in [3.8, 4) is 11.5 Å². The molecule has 0 spiro atoms. The van der Waals surface area contributed by atoms with Gasteiger partial charge in [-0.05, 0) is 30.0 Å². The lowest BCUT2D eigenvalue weighted by molar-refractivity contribution is 0.220. The van der Waals surface area contributed by atoms with Crippen LogP contribution in [0.15, 0.2) is 16.6 Å². The molecule has 1 aliphatic rings. The number of nitrogens with zero attached hydrogens (tertiary/aromatic N) is 1. The molecule has 0 bridgehead atoms. The maximum atomic E-state index is 6.37. The summed E-state index contributed by atoms with van der Waals surface area (Å²) >= 11 is 3.66. The zero-order valence-electron chi connectivity index (χ0n) is 13.2. The van der Waals surface area contributed by atoms with Crippen molar-refractivity contribution in [1.29, 1.82) is 0 Å². The first-order chi connectivity index (χ1) is 9.97. The smallest absolute Gasteiger partial charge is 0.161 e. The molecule has 1 aromatic carbocycles. The van der Waals surface area contributed by atoms with E-state index in [-0.39, 0.29) is 12.1 Å². The predicted octanol–water partition coefficient (Wildman–Crippen LogP) is 3.20. The third kappa shape index (κ3) is 3.52. The normalized spacial score (nSPS) is 22.8. The molecule has 1 aromatic rings. The summed E-state index contributed by atoms with van der Waals surface area (Å²) in [6.07, 6.45) is 1.03. The summed E-state index contributed by atoms with van der Waals surface area (Å²) in [5.41, 5.74) is 7.55. The van der Waals surface area contributed by atoms with Crippen LogP contribution in [0, 0.1) is 5.92 Å². The molecule has 5 heteroatoms. The molecule has 0 amide bonds. The maximum absolute atomic E-state index is 6.37. The standard InChI is InChI=1S/C16H25BrN2O2/c1-10(2)9-19-6-5-13(18)16(19)11-7-14(20-3)15(21-4)8-12(11)17/h7-8,10,13,16H,5-6,9,18H2,1-4H3. The molecular weight excluding hydrogens is 332 g/mol. The van der Waals surface area contributed by atoms with Gasteiger partial charge in [0.15, 0.2) is 11.5 Å². The number of methoxy groups -OCH3 is 2. The van der Waals surface area contributed by atoms with Crippen molar-refractivity contribution in [1.82, 2.24) is 4.90 Å². The molecule has 2 rings (SSSR count). The van der Waals surface area contributed by atoms with E-state index in [0.29, 0.717) is 5.92 Å². The van der Waals surface area contributed by atoms with Gasteiger partial charge < -0.3 is 15.2 Å². The molecule has 0 radical (unpaired) electrons. The SMILES string of the molecule is COc1cc(Br)c(C2C(N)CCN2CC(C)C)cc1OC. The van der Waals surface area contributed by atoms with Crippen molar-refractivity contribution in [3.05, 3.63) is 22.2 Å². The van der Waals surface area contributed by atoms with Crippen LogP contribution in [0.25, 0.3) is 0 Å². The van der Waals surface area contributed by atoms with Gasteiger partial charge in [-0.15, -0.1) is 0 Å². The van der Waals surface area contributed by atoms with Crippen LogP contribution in [0.5, 0.6) is 11.5 Å². The van der Waals surface area contributed by atoms with Crippen LogP contribution < -0.4 is 15.2 Å². The van der Waals surface area contributed by atoms with Gasteiger partial charge in [0, 0.05) is 23.6 Å². The number of hydrogen-bond donors (Lipinski definition) is 1. The van der Waals surface area contributed by atoms with Gasteiger partial charge in [0.2, 0.25) is 0 Å². The number of ether oxygens (including phenoxy) is 2. The Kier molecular flexibility index (Phi) is 5.52. The second-order valence-electron chi connectivity index (χ2n) is 6.01. The van der Waals surface area contributed by atoms with Crippen LogP contribution in [0.2, 0.25) is 0 Å². The lowest BCUT2D eigenvalue weighted by atomic mass is 9.99. The minimum absolute atomic E-state index is 0.151. The summed E-state index contributed by atoms with van der Waals surface area (Å²) in [4.78, 5) is 2.47. The van der Waals surface area contributed by atoms with Gasteiger partial charge in [0.25, 0.3) is 0 Å². The Morgan fingerprint density at radius 1 is 1.29 bits per heavy atom. The molecule has 4 nitrogen and oxygen atoms in total. The van der Waals surface area contributed by atoms with Crippen molar-refractivity contribution in [3.63, 3.8) is 0 Å². The fourth-order valence-corrected chi connectivity index (χ4v) is 3.64. The number of hydrogen-bond acceptors (Lipinski definition) is 4. The van der Waals surface area contributed by atoms with Crippen LogP contribution in [0.1, 0.15) is 31.9 Å². The minimum Gasteiger partial charge on any atom is -0.493 e. The molecule has 1 aliphatic heterocycles. The zero-order chi connectivity index (χ0) is 15.6. The van der Waals surface area contributed by atoms with E-state index < -0.39 is 0 Å². The Labute approximate surface area is 135 Å². The fraction of sp³-hybridized carbons (Fsp3) is 0.625. The van der Waals surface area contributed by atoms with Crippen molar-refractivity contribution in [2.45, 2.75) is 32.4 Å². The molecule has 21 heavy (non-hydrogen) atoms.